The molecule has 1 fully saturated rings. The molecule has 1 aliphatic rings. The molecule has 0 N–H and O–H groups in total. The minimum atomic E-state index is -0.222. The van der Waals surface area contributed by atoms with E-state index in [4.69, 9.17) is 0 Å². The summed E-state index contributed by atoms with van der Waals surface area (Å²) in [5.74, 6) is -0.0167. The van der Waals surface area contributed by atoms with E-state index in [-0.39, 0.29) is 18.0 Å². The quantitative estimate of drug-likeness (QED) is 0.834. The lowest BCUT2D eigenvalue weighted by Gasteiger charge is -2.20. The zero-order valence-corrected chi connectivity index (χ0v) is 11.2. The summed E-state index contributed by atoms with van der Waals surface area (Å²) < 4.78 is 1.71. The first-order valence-electron chi connectivity index (χ1n) is 5.63. The topological polar surface area (TPSA) is 55.2 Å². The van der Waals surface area contributed by atoms with Gasteiger partial charge >= 0.3 is 0 Å². The molecule has 1 heterocycles. The number of halogens is 1. The van der Waals surface area contributed by atoms with Crippen LogP contribution in [0.4, 0.5) is 0 Å². The van der Waals surface area contributed by atoms with E-state index in [9.17, 15) is 9.59 Å². The van der Waals surface area contributed by atoms with Crippen LogP contribution >= 0.6 is 15.9 Å². The highest BCUT2D eigenvalue weighted by Crippen LogP contribution is 2.26. The van der Waals surface area contributed by atoms with Crippen LogP contribution in [-0.2, 0) is 11.3 Å². The Morgan fingerprint density at radius 2 is 2.35 bits per heavy atom. The average molecular weight is 300 g/mol. The molecule has 0 aromatic carbocycles. The van der Waals surface area contributed by atoms with E-state index in [1.165, 1.54) is 17.1 Å². The van der Waals surface area contributed by atoms with Crippen molar-refractivity contribution in [1.29, 1.82) is 0 Å². The lowest BCUT2D eigenvalue weighted by molar-refractivity contribution is -0.132. The van der Waals surface area contributed by atoms with Gasteiger partial charge in [-0.3, -0.25) is 14.2 Å². The number of amides is 1. The largest absolute Gasteiger partial charge is 0.338 e. The zero-order valence-electron chi connectivity index (χ0n) is 9.60. The molecule has 1 aromatic rings. The van der Waals surface area contributed by atoms with Crippen LogP contribution in [-0.4, -0.2) is 32.9 Å². The third-order valence-electron chi connectivity index (χ3n) is 2.81. The summed E-state index contributed by atoms with van der Waals surface area (Å²) >= 11 is 3.11. The van der Waals surface area contributed by atoms with Gasteiger partial charge < -0.3 is 4.90 Å². The van der Waals surface area contributed by atoms with Crippen LogP contribution in [0.3, 0.4) is 0 Å². The maximum Gasteiger partial charge on any atom is 0.268 e. The number of aromatic nitrogens is 2. The number of nitrogens with zero attached hydrogens (tertiary/aromatic N) is 3. The molecule has 5 nitrogen and oxygen atoms in total. The molecular formula is C11H14BrN3O2. The summed E-state index contributed by atoms with van der Waals surface area (Å²) in [7, 11) is 0. The molecule has 0 spiro atoms. The second-order valence-corrected chi connectivity index (χ2v) is 4.94. The molecule has 92 valence electrons. The Labute approximate surface area is 108 Å². The second kappa shape index (κ2) is 5.00. The molecule has 1 saturated carbocycles. The summed E-state index contributed by atoms with van der Waals surface area (Å²) in [6.07, 6.45) is 4.98. The van der Waals surface area contributed by atoms with Crippen molar-refractivity contribution in [3.8, 4) is 0 Å². The molecule has 0 aliphatic heterocycles. The number of carbonyl (C=O) groups is 1. The van der Waals surface area contributed by atoms with Gasteiger partial charge in [0, 0.05) is 18.8 Å². The van der Waals surface area contributed by atoms with Crippen LogP contribution in [0.1, 0.15) is 19.8 Å². The Kier molecular flexibility index (Phi) is 3.61. The smallest absolute Gasteiger partial charge is 0.268 e. The number of rotatable bonds is 4. The molecule has 1 aromatic heterocycles. The summed E-state index contributed by atoms with van der Waals surface area (Å²) in [5, 5.41) is 0. The van der Waals surface area contributed by atoms with E-state index in [0.29, 0.717) is 17.1 Å². The Morgan fingerprint density at radius 1 is 1.65 bits per heavy atom. The van der Waals surface area contributed by atoms with Crippen molar-refractivity contribution in [2.75, 3.05) is 6.54 Å². The van der Waals surface area contributed by atoms with E-state index in [2.05, 4.69) is 20.9 Å². The van der Waals surface area contributed by atoms with Gasteiger partial charge in [0.25, 0.3) is 5.56 Å². The van der Waals surface area contributed by atoms with Gasteiger partial charge in [-0.15, -0.1) is 0 Å². The first kappa shape index (κ1) is 12.3. The fraction of sp³-hybridized carbons (Fsp3) is 0.545. The van der Waals surface area contributed by atoms with Gasteiger partial charge in [-0.25, -0.2) is 4.98 Å². The Morgan fingerprint density at radius 3 is 2.94 bits per heavy atom. The van der Waals surface area contributed by atoms with Crippen LogP contribution < -0.4 is 5.56 Å². The number of hydrogen-bond acceptors (Lipinski definition) is 3. The molecule has 1 aliphatic carbocycles. The lowest BCUT2D eigenvalue weighted by Crippen LogP contribution is -2.37. The maximum absolute atomic E-state index is 12.0. The zero-order chi connectivity index (χ0) is 12.4. The Hall–Kier alpha value is -1.17. The van der Waals surface area contributed by atoms with Crippen molar-refractivity contribution in [1.82, 2.24) is 14.5 Å². The van der Waals surface area contributed by atoms with E-state index >= 15 is 0 Å². The van der Waals surface area contributed by atoms with E-state index < -0.39 is 0 Å². The van der Waals surface area contributed by atoms with Crippen molar-refractivity contribution in [3.05, 3.63) is 27.4 Å². The molecule has 0 bridgehead atoms. The minimum absolute atomic E-state index is 0.0167. The average Bonchev–Trinajstić information content (AvgIpc) is 3.10. The standard InChI is InChI=1S/C11H14BrN3O2/c1-2-15(8-3-4-8)10(16)6-14-7-13-5-9(12)11(14)17/h5,7-8H,2-4,6H2,1H3. The van der Waals surface area contributed by atoms with Gasteiger partial charge in [0.15, 0.2) is 0 Å². The highest BCUT2D eigenvalue weighted by molar-refractivity contribution is 9.10. The van der Waals surface area contributed by atoms with Gasteiger partial charge in [-0.05, 0) is 35.7 Å². The Balaban J connectivity index is 2.12. The third-order valence-corrected chi connectivity index (χ3v) is 3.36. The highest BCUT2D eigenvalue weighted by atomic mass is 79.9. The maximum atomic E-state index is 12.0. The molecule has 0 atom stereocenters. The number of likely N-dealkylation sites (N-methyl/N-ethyl adjacent to an activating group) is 1. The molecule has 1 amide bonds. The lowest BCUT2D eigenvalue weighted by atomic mass is 10.4. The van der Waals surface area contributed by atoms with Crippen LogP contribution in [0.2, 0.25) is 0 Å². The second-order valence-electron chi connectivity index (χ2n) is 4.09. The summed E-state index contributed by atoms with van der Waals surface area (Å²) in [5.41, 5.74) is -0.222. The fourth-order valence-corrected chi connectivity index (χ4v) is 2.14. The number of hydrogen-bond donors (Lipinski definition) is 0. The van der Waals surface area contributed by atoms with E-state index in [1.807, 2.05) is 11.8 Å². The van der Waals surface area contributed by atoms with Gasteiger partial charge in [-0.2, -0.15) is 0 Å². The summed E-state index contributed by atoms with van der Waals surface area (Å²) in [6.45, 7) is 2.72. The van der Waals surface area contributed by atoms with Crippen molar-refractivity contribution < 1.29 is 4.79 Å². The molecule has 2 rings (SSSR count). The predicted octanol–water partition coefficient (Wildman–Crippen LogP) is 1.02. The molecular weight excluding hydrogens is 286 g/mol. The molecule has 0 unspecified atom stereocenters. The minimum Gasteiger partial charge on any atom is -0.338 e. The van der Waals surface area contributed by atoms with Gasteiger partial charge in [0.2, 0.25) is 5.91 Å². The van der Waals surface area contributed by atoms with Crippen LogP contribution in [0.5, 0.6) is 0 Å². The highest BCUT2D eigenvalue weighted by Gasteiger charge is 2.31. The van der Waals surface area contributed by atoms with Crippen molar-refractivity contribution in [3.63, 3.8) is 0 Å². The van der Waals surface area contributed by atoms with Crippen LogP contribution in [0.15, 0.2) is 21.8 Å². The third kappa shape index (κ3) is 2.74. The summed E-state index contributed by atoms with van der Waals surface area (Å²) in [4.78, 5) is 29.4. The van der Waals surface area contributed by atoms with Crippen molar-refractivity contribution in [2.45, 2.75) is 32.4 Å². The summed E-state index contributed by atoms with van der Waals surface area (Å²) in [6, 6.07) is 0.378. The van der Waals surface area contributed by atoms with Crippen LogP contribution in [0, 0.1) is 0 Å². The SMILES string of the molecule is CCN(C(=O)Cn1cncc(Br)c1=O)C1CC1. The Bertz CT molecular complexity index is 482. The number of carbonyl (C=O) groups excluding carboxylic acids is 1. The molecule has 6 heteroatoms. The molecule has 17 heavy (non-hydrogen) atoms. The fourth-order valence-electron chi connectivity index (χ4n) is 1.80. The van der Waals surface area contributed by atoms with E-state index in [0.717, 1.165) is 12.8 Å². The van der Waals surface area contributed by atoms with Gasteiger partial charge in [0.1, 0.15) is 11.0 Å². The molecule has 0 radical (unpaired) electrons. The first-order chi connectivity index (χ1) is 8.13. The van der Waals surface area contributed by atoms with Crippen LogP contribution in [0.25, 0.3) is 0 Å². The van der Waals surface area contributed by atoms with E-state index in [1.54, 1.807) is 0 Å². The van der Waals surface area contributed by atoms with Crippen molar-refractivity contribution in [2.24, 2.45) is 0 Å². The predicted molar refractivity (Wildman–Crippen MR) is 66.6 cm³/mol. The van der Waals surface area contributed by atoms with Crippen molar-refractivity contribution >= 4 is 21.8 Å². The monoisotopic (exact) mass is 299 g/mol. The first-order valence-corrected chi connectivity index (χ1v) is 6.42. The van der Waals surface area contributed by atoms with Gasteiger partial charge in [0.05, 0.1) is 6.33 Å². The van der Waals surface area contributed by atoms with Gasteiger partial charge in [-0.1, -0.05) is 0 Å². The normalized spacial score (nSPS) is 14.7. The molecule has 0 saturated heterocycles.